The molecule has 0 aromatic carbocycles. The van der Waals surface area contributed by atoms with Gasteiger partial charge >= 0.3 is 39.5 Å². The number of aliphatic hydroxyl groups is 1. The first-order chi connectivity index (χ1) is 47.7. The van der Waals surface area contributed by atoms with Gasteiger partial charge in [-0.15, -0.1) is 0 Å². The fraction of sp³-hybridized carbons (Fsp3) is 0.646. The van der Waals surface area contributed by atoms with E-state index in [2.05, 4.69) is 174 Å². The first-order valence-corrected chi connectivity index (χ1v) is 40.1. The summed E-state index contributed by atoms with van der Waals surface area (Å²) in [6, 6.07) is 0. The second-order valence-electron chi connectivity index (χ2n) is 24.1. The van der Waals surface area contributed by atoms with Crippen molar-refractivity contribution in [2.45, 2.75) is 290 Å². The largest absolute Gasteiger partial charge is 0.472 e. The van der Waals surface area contributed by atoms with Crippen LogP contribution in [0.2, 0.25) is 0 Å². The molecule has 0 saturated carbocycles. The smallest absolute Gasteiger partial charge is 0.462 e. The molecule has 0 aromatic rings. The second kappa shape index (κ2) is 70.4. The number of aliphatic hydroxyl groups excluding tert-OH is 1. The van der Waals surface area contributed by atoms with Crippen LogP contribution < -0.4 is 0 Å². The number of allylic oxidation sites excluding steroid dienone is 24. The predicted octanol–water partition coefficient (Wildman–Crippen LogP) is 21.1. The SMILES string of the molecule is CC/C=C\C/C=C\C/C=C\C/C=C\CCCCC(=O)OCC(COP(=O)(O)OCC(O)COP(=O)(O)OCC(COC(=O)CCCC/C=C\C/C=C\C/C=C\C/C=C\CC)OC(=O)CCCCCCC/C=C\CCCCCC)OC(=O)CCCCCCC/C=C\C/C=C\C/C=C\CC. The third kappa shape index (κ3) is 69.4. The van der Waals surface area contributed by atoms with Crippen LogP contribution in [0.1, 0.15) is 272 Å². The maximum absolute atomic E-state index is 13.1. The summed E-state index contributed by atoms with van der Waals surface area (Å²) < 4.78 is 68.3. The van der Waals surface area contributed by atoms with Gasteiger partial charge in [0.2, 0.25) is 0 Å². The highest BCUT2D eigenvalue weighted by Gasteiger charge is 2.30. The van der Waals surface area contributed by atoms with Crippen molar-refractivity contribution in [3.8, 4) is 0 Å². The van der Waals surface area contributed by atoms with E-state index in [1.807, 2.05) is 0 Å². The molecule has 0 aliphatic carbocycles. The highest BCUT2D eigenvalue weighted by molar-refractivity contribution is 7.47. The number of rotatable bonds is 68. The number of carbonyl (C=O) groups excluding carboxylic acids is 4. The van der Waals surface area contributed by atoms with Crippen molar-refractivity contribution < 1.29 is 80.2 Å². The fourth-order valence-corrected chi connectivity index (χ4v) is 10.8. The van der Waals surface area contributed by atoms with E-state index in [0.29, 0.717) is 25.7 Å². The maximum Gasteiger partial charge on any atom is 0.472 e. The van der Waals surface area contributed by atoms with E-state index < -0.39 is 97.5 Å². The van der Waals surface area contributed by atoms with Gasteiger partial charge in [-0.2, -0.15) is 0 Å². The van der Waals surface area contributed by atoms with E-state index in [-0.39, 0.29) is 25.7 Å². The number of phosphoric acid groups is 2. The number of unbranched alkanes of at least 4 members (excludes halogenated alkanes) is 18. The van der Waals surface area contributed by atoms with Crippen LogP contribution in [0.15, 0.2) is 146 Å². The molecule has 0 fully saturated rings. The quantitative estimate of drug-likeness (QED) is 0.0169. The first-order valence-electron chi connectivity index (χ1n) is 37.1. The molecule has 0 rings (SSSR count). The molecular formula is C79H130O17P2. The summed E-state index contributed by atoms with van der Waals surface area (Å²) in [4.78, 5) is 72.8. The van der Waals surface area contributed by atoms with Crippen molar-refractivity contribution in [3.63, 3.8) is 0 Å². The Kier molecular flexibility index (Phi) is 66.7. The van der Waals surface area contributed by atoms with Crippen molar-refractivity contribution in [2.75, 3.05) is 39.6 Å². The summed E-state index contributed by atoms with van der Waals surface area (Å²) in [5.41, 5.74) is 0. The van der Waals surface area contributed by atoms with Crippen molar-refractivity contribution in [1.29, 1.82) is 0 Å². The van der Waals surface area contributed by atoms with Crippen LogP contribution >= 0.6 is 15.6 Å². The molecule has 5 atom stereocenters. The third-order valence-electron chi connectivity index (χ3n) is 14.8. The topological polar surface area (TPSA) is 237 Å². The fourth-order valence-electron chi connectivity index (χ4n) is 9.21. The summed E-state index contributed by atoms with van der Waals surface area (Å²) in [7, 11) is -9.99. The lowest BCUT2D eigenvalue weighted by atomic mass is 10.1. The lowest BCUT2D eigenvalue weighted by Crippen LogP contribution is -2.30. The number of hydrogen-bond acceptors (Lipinski definition) is 15. The number of ether oxygens (including phenoxy) is 4. The Bertz CT molecular complexity index is 2430. The van der Waals surface area contributed by atoms with Crippen LogP contribution in [0.5, 0.6) is 0 Å². The molecule has 0 saturated heterocycles. The normalized spacial score (nSPS) is 14.8. The Morgan fingerprint density at radius 3 is 0.847 bits per heavy atom. The van der Waals surface area contributed by atoms with Gasteiger partial charge in [0, 0.05) is 25.7 Å². The molecule has 98 heavy (non-hydrogen) atoms. The molecule has 0 aromatic heterocycles. The van der Waals surface area contributed by atoms with Crippen LogP contribution in [0.3, 0.4) is 0 Å². The van der Waals surface area contributed by atoms with E-state index in [4.69, 9.17) is 37.0 Å². The van der Waals surface area contributed by atoms with E-state index >= 15 is 0 Å². The molecule has 0 spiro atoms. The lowest BCUT2D eigenvalue weighted by molar-refractivity contribution is -0.161. The van der Waals surface area contributed by atoms with E-state index in [1.54, 1.807) is 0 Å². The van der Waals surface area contributed by atoms with E-state index in [0.717, 1.165) is 167 Å². The summed E-state index contributed by atoms with van der Waals surface area (Å²) in [6.45, 7) is 4.36. The van der Waals surface area contributed by atoms with Gasteiger partial charge < -0.3 is 33.8 Å². The molecular weight excluding hydrogens is 1280 g/mol. The van der Waals surface area contributed by atoms with Gasteiger partial charge in [0.15, 0.2) is 12.2 Å². The van der Waals surface area contributed by atoms with Gasteiger partial charge in [0.05, 0.1) is 26.4 Å². The third-order valence-corrected chi connectivity index (χ3v) is 16.7. The Labute approximate surface area is 592 Å². The number of esters is 4. The number of phosphoric ester groups is 2. The number of carbonyl (C=O) groups is 4. The van der Waals surface area contributed by atoms with Crippen molar-refractivity contribution in [2.24, 2.45) is 0 Å². The van der Waals surface area contributed by atoms with Gasteiger partial charge in [-0.1, -0.05) is 231 Å². The molecule has 0 aliphatic rings. The molecule has 3 N–H and O–H groups in total. The van der Waals surface area contributed by atoms with Crippen molar-refractivity contribution in [1.82, 2.24) is 0 Å². The van der Waals surface area contributed by atoms with Crippen LogP contribution in [0.4, 0.5) is 0 Å². The van der Waals surface area contributed by atoms with Gasteiger partial charge in [0.25, 0.3) is 0 Å². The monoisotopic (exact) mass is 1410 g/mol. The average Bonchev–Trinajstić information content (AvgIpc) is 1.04. The summed E-state index contributed by atoms with van der Waals surface area (Å²) in [5.74, 6) is -2.31. The van der Waals surface area contributed by atoms with Crippen LogP contribution in [-0.4, -0.2) is 96.7 Å². The minimum atomic E-state index is -4.99. The van der Waals surface area contributed by atoms with Gasteiger partial charge in [0.1, 0.15) is 19.3 Å². The Hall–Kier alpha value is -5.06. The molecule has 0 amide bonds. The van der Waals surface area contributed by atoms with Gasteiger partial charge in [-0.3, -0.25) is 37.3 Å². The Morgan fingerprint density at radius 2 is 0.531 bits per heavy atom. The minimum Gasteiger partial charge on any atom is -0.462 e. The van der Waals surface area contributed by atoms with Crippen molar-refractivity contribution in [3.05, 3.63) is 146 Å². The molecule has 0 radical (unpaired) electrons. The minimum absolute atomic E-state index is 0.0608. The average molecular weight is 1410 g/mol. The zero-order chi connectivity index (χ0) is 71.8. The molecule has 558 valence electrons. The molecule has 0 heterocycles. The standard InChI is InChI=1S/C79H130O17P2/c1-5-9-13-17-21-25-29-33-36-40-43-47-51-55-59-63-76(81)89-69-74(95-78(83)65-61-57-53-49-45-39-32-28-24-20-16-12-8-4)71-93-97(85,86)91-67-73(80)68-92-98(87,88)94-72-75(96-79(84)66-62-58-54-50-46-42-38-35-31-27-23-19-15-11-7-3)70-90-77(82)64-60-56-52-48-44-41-37-34-30-26-22-18-14-10-6-2/h9-11,13-15,21-23,25-28,32-38,43-44,47-48,73-75,80H,5-8,12,16-20,24,29-31,39-42,45-46,49-72H2,1-4H3,(H,85,86)(H,87,88)/b13-9-,14-10-,15-11-,25-21-,26-22-,27-23-,32-28-,36-33-,37-34-,38-35-,47-43-,48-44-. The van der Waals surface area contributed by atoms with Crippen LogP contribution in [-0.2, 0) is 65.4 Å². The Balaban J connectivity index is 5.45. The summed E-state index contributed by atoms with van der Waals surface area (Å²) >= 11 is 0. The zero-order valence-electron chi connectivity index (χ0n) is 60.7. The summed E-state index contributed by atoms with van der Waals surface area (Å²) in [6.07, 6.45) is 78.5. The lowest BCUT2D eigenvalue weighted by Gasteiger charge is -2.21. The van der Waals surface area contributed by atoms with Gasteiger partial charge in [-0.25, -0.2) is 9.13 Å². The maximum atomic E-state index is 13.1. The van der Waals surface area contributed by atoms with Crippen LogP contribution in [0.25, 0.3) is 0 Å². The highest BCUT2D eigenvalue weighted by Crippen LogP contribution is 2.45. The first kappa shape index (κ1) is 92.9. The van der Waals surface area contributed by atoms with E-state index in [9.17, 15) is 43.2 Å². The molecule has 0 bridgehead atoms. The predicted molar refractivity (Wildman–Crippen MR) is 399 cm³/mol. The highest BCUT2D eigenvalue weighted by atomic mass is 31.2. The molecule has 5 unspecified atom stereocenters. The second-order valence-corrected chi connectivity index (χ2v) is 27.0. The van der Waals surface area contributed by atoms with Gasteiger partial charge in [-0.05, 0) is 161 Å². The number of hydrogen-bond donors (Lipinski definition) is 3. The van der Waals surface area contributed by atoms with Crippen molar-refractivity contribution >= 4 is 39.5 Å². The zero-order valence-corrected chi connectivity index (χ0v) is 62.4. The van der Waals surface area contributed by atoms with Crippen LogP contribution in [0, 0.1) is 0 Å². The summed E-state index contributed by atoms with van der Waals surface area (Å²) in [5, 5.41) is 10.6. The molecule has 17 nitrogen and oxygen atoms in total. The van der Waals surface area contributed by atoms with E-state index in [1.165, 1.54) is 25.7 Å². The molecule has 19 heteroatoms. The Morgan fingerprint density at radius 1 is 0.296 bits per heavy atom. The molecule has 0 aliphatic heterocycles.